The van der Waals surface area contributed by atoms with Crippen LogP contribution in [0.25, 0.3) is 0 Å². The molecular formula is C19H23N3O2. The monoisotopic (exact) mass is 325 g/mol. The number of rotatable bonds is 5. The van der Waals surface area contributed by atoms with E-state index in [4.69, 9.17) is 0 Å². The lowest BCUT2D eigenvalue weighted by Crippen LogP contribution is -2.28. The number of nitrogens with zero attached hydrogens (tertiary/aromatic N) is 1. The Morgan fingerprint density at radius 3 is 2.08 bits per heavy atom. The number of para-hydroxylation sites is 1. The lowest BCUT2D eigenvalue weighted by Gasteiger charge is -2.12. The molecule has 0 atom stereocenters. The Hall–Kier alpha value is -2.69. The second kappa shape index (κ2) is 7.73. The van der Waals surface area contributed by atoms with Crippen LogP contribution in [0, 0.1) is 19.8 Å². The van der Waals surface area contributed by atoms with Crippen LogP contribution >= 0.6 is 0 Å². The predicted molar refractivity (Wildman–Crippen MR) is 95.3 cm³/mol. The zero-order valence-electron chi connectivity index (χ0n) is 14.5. The van der Waals surface area contributed by atoms with Gasteiger partial charge in [0.15, 0.2) is 0 Å². The maximum absolute atomic E-state index is 12.5. The highest BCUT2D eigenvalue weighted by atomic mass is 16.2. The molecule has 0 saturated heterocycles. The molecule has 2 rings (SSSR count). The van der Waals surface area contributed by atoms with Gasteiger partial charge in [-0.3, -0.25) is 9.59 Å². The second-order valence-corrected chi connectivity index (χ2v) is 6.23. The van der Waals surface area contributed by atoms with E-state index in [2.05, 4.69) is 15.6 Å². The molecule has 0 radical (unpaired) electrons. The fourth-order valence-corrected chi connectivity index (χ4v) is 2.26. The minimum atomic E-state index is -0.328. The van der Waals surface area contributed by atoms with Crippen molar-refractivity contribution in [2.24, 2.45) is 5.92 Å². The minimum absolute atomic E-state index is 0.217. The summed E-state index contributed by atoms with van der Waals surface area (Å²) in [6.45, 7) is 8.47. The van der Waals surface area contributed by atoms with E-state index in [1.165, 1.54) is 0 Å². The summed E-state index contributed by atoms with van der Waals surface area (Å²) in [4.78, 5) is 28.7. The van der Waals surface area contributed by atoms with Crippen molar-refractivity contribution in [3.8, 4) is 0 Å². The average molecular weight is 325 g/mol. The zero-order chi connectivity index (χ0) is 17.7. The van der Waals surface area contributed by atoms with Gasteiger partial charge in [-0.05, 0) is 43.0 Å². The molecule has 0 fully saturated rings. The van der Waals surface area contributed by atoms with Gasteiger partial charge in [0.1, 0.15) is 11.4 Å². The summed E-state index contributed by atoms with van der Waals surface area (Å²) < 4.78 is 0. The molecule has 0 saturated carbocycles. The van der Waals surface area contributed by atoms with Crippen LogP contribution in [0.5, 0.6) is 0 Å². The first-order chi connectivity index (χ1) is 11.4. The third-order valence-corrected chi connectivity index (χ3v) is 3.60. The van der Waals surface area contributed by atoms with Gasteiger partial charge in [-0.15, -0.1) is 0 Å². The van der Waals surface area contributed by atoms with Crippen LogP contribution < -0.4 is 10.6 Å². The Balaban J connectivity index is 2.16. The van der Waals surface area contributed by atoms with Crippen LogP contribution in [0.15, 0.2) is 36.4 Å². The summed E-state index contributed by atoms with van der Waals surface area (Å²) in [5, 5.41) is 5.68. The van der Waals surface area contributed by atoms with Crippen molar-refractivity contribution in [3.05, 3.63) is 58.9 Å². The van der Waals surface area contributed by atoms with E-state index < -0.39 is 0 Å². The van der Waals surface area contributed by atoms with Gasteiger partial charge in [0.05, 0.1) is 0 Å². The Labute approximate surface area is 142 Å². The minimum Gasteiger partial charge on any atom is -0.350 e. The predicted octanol–water partition coefficient (Wildman–Crippen LogP) is 3.34. The summed E-state index contributed by atoms with van der Waals surface area (Å²) in [5.41, 5.74) is 3.20. The van der Waals surface area contributed by atoms with Gasteiger partial charge in [-0.1, -0.05) is 38.1 Å². The summed E-state index contributed by atoms with van der Waals surface area (Å²) in [7, 11) is 0. The molecule has 0 spiro atoms. The average Bonchev–Trinajstić information content (AvgIpc) is 2.56. The van der Waals surface area contributed by atoms with Gasteiger partial charge in [0.25, 0.3) is 11.8 Å². The number of aryl methyl sites for hydroxylation is 2. The molecule has 2 aromatic rings. The van der Waals surface area contributed by atoms with Gasteiger partial charge in [0, 0.05) is 12.2 Å². The van der Waals surface area contributed by atoms with E-state index in [1.54, 1.807) is 18.2 Å². The Kier molecular flexibility index (Phi) is 5.68. The quantitative estimate of drug-likeness (QED) is 0.885. The molecule has 1 aromatic carbocycles. The molecule has 0 aliphatic carbocycles. The van der Waals surface area contributed by atoms with Crippen molar-refractivity contribution < 1.29 is 9.59 Å². The summed E-state index contributed by atoms with van der Waals surface area (Å²) in [6.07, 6.45) is 0. The Morgan fingerprint density at radius 1 is 0.958 bits per heavy atom. The number of pyridine rings is 1. The fourth-order valence-electron chi connectivity index (χ4n) is 2.26. The van der Waals surface area contributed by atoms with Gasteiger partial charge in [-0.25, -0.2) is 4.98 Å². The molecule has 0 aliphatic rings. The number of aromatic nitrogens is 1. The molecule has 5 heteroatoms. The van der Waals surface area contributed by atoms with E-state index >= 15 is 0 Å². The number of carbonyl (C=O) groups excluding carboxylic acids is 2. The smallest absolute Gasteiger partial charge is 0.274 e. The van der Waals surface area contributed by atoms with Gasteiger partial charge < -0.3 is 10.6 Å². The molecule has 2 amide bonds. The van der Waals surface area contributed by atoms with E-state index in [9.17, 15) is 9.59 Å². The fraction of sp³-hybridized carbons (Fsp3) is 0.316. The molecule has 24 heavy (non-hydrogen) atoms. The number of hydrogen-bond donors (Lipinski definition) is 2. The highest BCUT2D eigenvalue weighted by molar-refractivity contribution is 6.04. The number of carbonyl (C=O) groups is 2. The third-order valence-electron chi connectivity index (χ3n) is 3.60. The molecule has 0 unspecified atom stereocenters. The summed E-state index contributed by atoms with van der Waals surface area (Å²) in [5.74, 6) is -0.249. The molecule has 0 bridgehead atoms. The number of amides is 2. The first-order valence-electron chi connectivity index (χ1n) is 8.01. The number of hydrogen-bond acceptors (Lipinski definition) is 3. The van der Waals surface area contributed by atoms with Crippen LogP contribution in [0.4, 0.5) is 5.69 Å². The molecular weight excluding hydrogens is 302 g/mol. The highest BCUT2D eigenvalue weighted by Crippen LogP contribution is 2.20. The largest absolute Gasteiger partial charge is 0.350 e. The van der Waals surface area contributed by atoms with E-state index in [0.717, 1.165) is 16.8 Å². The summed E-state index contributed by atoms with van der Waals surface area (Å²) in [6, 6.07) is 10.7. The van der Waals surface area contributed by atoms with Crippen molar-refractivity contribution in [2.75, 3.05) is 11.9 Å². The molecule has 0 aliphatic heterocycles. The number of anilines is 1. The standard InChI is InChI=1S/C19H23N3O2/c1-12(2)11-20-18(23)15-9-6-10-16(21-15)19(24)22-17-13(3)7-5-8-14(17)4/h5-10,12H,11H2,1-4H3,(H,20,23)(H,22,24). The van der Waals surface area contributed by atoms with Crippen molar-refractivity contribution in [3.63, 3.8) is 0 Å². The number of benzene rings is 1. The summed E-state index contributed by atoms with van der Waals surface area (Å²) >= 11 is 0. The third kappa shape index (κ3) is 4.41. The molecule has 2 N–H and O–H groups in total. The van der Waals surface area contributed by atoms with Gasteiger partial charge in [0.2, 0.25) is 0 Å². The van der Waals surface area contributed by atoms with Crippen LogP contribution in [-0.2, 0) is 0 Å². The normalized spacial score (nSPS) is 10.5. The number of nitrogens with one attached hydrogen (secondary N) is 2. The molecule has 1 heterocycles. The van der Waals surface area contributed by atoms with Crippen LogP contribution in [0.3, 0.4) is 0 Å². The maximum atomic E-state index is 12.5. The van der Waals surface area contributed by atoms with E-state index in [1.807, 2.05) is 45.9 Å². The zero-order valence-corrected chi connectivity index (χ0v) is 14.5. The van der Waals surface area contributed by atoms with Crippen molar-refractivity contribution >= 4 is 17.5 Å². The lowest BCUT2D eigenvalue weighted by molar-refractivity contribution is 0.0944. The van der Waals surface area contributed by atoms with Crippen molar-refractivity contribution in [1.29, 1.82) is 0 Å². The molecule has 1 aromatic heterocycles. The van der Waals surface area contributed by atoms with Crippen LogP contribution in [0.2, 0.25) is 0 Å². The van der Waals surface area contributed by atoms with Crippen molar-refractivity contribution in [2.45, 2.75) is 27.7 Å². The van der Waals surface area contributed by atoms with E-state index in [-0.39, 0.29) is 23.2 Å². The Bertz CT molecular complexity index is 734. The highest BCUT2D eigenvalue weighted by Gasteiger charge is 2.14. The maximum Gasteiger partial charge on any atom is 0.274 e. The topological polar surface area (TPSA) is 71.1 Å². The SMILES string of the molecule is Cc1cccc(C)c1NC(=O)c1cccc(C(=O)NCC(C)C)n1. The first kappa shape index (κ1) is 17.7. The van der Waals surface area contributed by atoms with Gasteiger partial charge in [-0.2, -0.15) is 0 Å². The molecule has 126 valence electrons. The van der Waals surface area contributed by atoms with Crippen LogP contribution in [-0.4, -0.2) is 23.3 Å². The first-order valence-corrected chi connectivity index (χ1v) is 8.01. The Morgan fingerprint density at radius 2 is 1.50 bits per heavy atom. The second-order valence-electron chi connectivity index (χ2n) is 6.23. The van der Waals surface area contributed by atoms with Gasteiger partial charge >= 0.3 is 0 Å². The molecule has 5 nitrogen and oxygen atoms in total. The van der Waals surface area contributed by atoms with Crippen LogP contribution in [0.1, 0.15) is 46.0 Å². The van der Waals surface area contributed by atoms with E-state index in [0.29, 0.717) is 12.5 Å². The lowest BCUT2D eigenvalue weighted by atomic mass is 10.1. The van der Waals surface area contributed by atoms with Crippen molar-refractivity contribution in [1.82, 2.24) is 10.3 Å².